The summed E-state index contributed by atoms with van der Waals surface area (Å²) in [4.78, 5) is 11.4. The van der Waals surface area contributed by atoms with Crippen LogP contribution in [0.3, 0.4) is 0 Å². The maximum atomic E-state index is 11.4. The minimum atomic E-state index is -3.50. The van der Waals surface area contributed by atoms with Crippen LogP contribution in [0.15, 0.2) is 30.3 Å². The zero-order valence-electron chi connectivity index (χ0n) is 9.74. The van der Waals surface area contributed by atoms with Crippen molar-refractivity contribution in [1.82, 2.24) is 0 Å². The van der Waals surface area contributed by atoms with E-state index in [0.29, 0.717) is 5.56 Å². The Bertz CT molecular complexity index is 471. The first-order chi connectivity index (χ1) is 8.49. The lowest BCUT2D eigenvalue weighted by molar-refractivity contribution is 0.0337. The number of rotatable bonds is 7. The second-order valence-electron chi connectivity index (χ2n) is 3.48. The molecule has 1 aromatic rings. The Morgan fingerprint density at radius 1 is 1.11 bits per heavy atom. The highest BCUT2D eigenvalue weighted by Crippen LogP contribution is 2.00. The largest absolute Gasteiger partial charge is 0.460 e. The molecule has 0 bridgehead atoms. The number of primary sulfonamides is 1. The molecule has 0 spiro atoms. The van der Waals surface area contributed by atoms with E-state index < -0.39 is 16.0 Å². The standard InChI is InChI=1S/C11H15NO5S/c12-18(14,15)9-8-16-6-7-17-11(13)10-4-2-1-3-5-10/h1-5H,6-9H2,(H2,12,14,15). The van der Waals surface area contributed by atoms with Crippen LogP contribution < -0.4 is 5.14 Å². The molecule has 100 valence electrons. The van der Waals surface area contributed by atoms with Crippen molar-refractivity contribution < 1.29 is 22.7 Å². The Balaban J connectivity index is 2.14. The number of hydrogen-bond donors (Lipinski definition) is 1. The van der Waals surface area contributed by atoms with Crippen LogP contribution in [0, 0.1) is 0 Å². The quantitative estimate of drug-likeness (QED) is 0.563. The summed E-state index contributed by atoms with van der Waals surface area (Å²) in [6.07, 6.45) is 0. The molecule has 0 fully saturated rings. The van der Waals surface area contributed by atoms with Crippen molar-refractivity contribution in [2.75, 3.05) is 25.6 Å². The van der Waals surface area contributed by atoms with E-state index in [4.69, 9.17) is 14.6 Å². The molecule has 0 aromatic heterocycles. The maximum absolute atomic E-state index is 11.4. The average molecular weight is 273 g/mol. The molecular formula is C11H15NO5S. The second kappa shape index (κ2) is 7.10. The van der Waals surface area contributed by atoms with E-state index in [1.807, 2.05) is 0 Å². The van der Waals surface area contributed by atoms with E-state index in [-0.39, 0.29) is 25.6 Å². The molecule has 0 radical (unpaired) electrons. The average Bonchev–Trinajstić information content (AvgIpc) is 2.33. The van der Waals surface area contributed by atoms with Gasteiger partial charge in [-0.3, -0.25) is 0 Å². The molecule has 6 nitrogen and oxygen atoms in total. The fourth-order valence-corrected chi connectivity index (χ4v) is 1.48. The van der Waals surface area contributed by atoms with Gasteiger partial charge in [0.25, 0.3) is 0 Å². The SMILES string of the molecule is NS(=O)(=O)CCOCCOC(=O)c1ccccc1. The van der Waals surface area contributed by atoms with Gasteiger partial charge in [-0.2, -0.15) is 0 Å². The molecule has 0 atom stereocenters. The summed E-state index contributed by atoms with van der Waals surface area (Å²) in [5.74, 6) is -0.690. The van der Waals surface area contributed by atoms with Crippen LogP contribution in [-0.2, 0) is 19.5 Å². The van der Waals surface area contributed by atoms with E-state index in [2.05, 4.69) is 0 Å². The molecule has 0 amide bonds. The minimum Gasteiger partial charge on any atom is -0.460 e. The molecule has 0 saturated heterocycles. The third-order valence-corrected chi connectivity index (χ3v) is 2.72. The third-order valence-electron chi connectivity index (χ3n) is 1.98. The molecule has 2 N–H and O–H groups in total. The van der Waals surface area contributed by atoms with Gasteiger partial charge in [0.15, 0.2) is 0 Å². The number of carbonyl (C=O) groups excluding carboxylic acids is 1. The van der Waals surface area contributed by atoms with Crippen molar-refractivity contribution in [3.8, 4) is 0 Å². The number of nitrogens with two attached hydrogens (primary N) is 1. The Labute approximate surface area is 106 Å². The molecule has 0 unspecified atom stereocenters. The predicted molar refractivity (Wildman–Crippen MR) is 65.5 cm³/mol. The topological polar surface area (TPSA) is 95.7 Å². The number of benzene rings is 1. The van der Waals surface area contributed by atoms with Crippen LogP contribution in [0.1, 0.15) is 10.4 Å². The van der Waals surface area contributed by atoms with Crippen molar-refractivity contribution >= 4 is 16.0 Å². The Morgan fingerprint density at radius 2 is 1.78 bits per heavy atom. The number of ether oxygens (including phenoxy) is 2. The first-order valence-corrected chi connectivity index (χ1v) is 7.01. The van der Waals surface area contributed by atoms with Crippen LogP contribution in [-0.4, -0.2) is 40.0 Å². The monoisotopic (exact) mass is 273 g/mol. The highest BCUT2D eigenvalue weighted by atomic mass is 32.2. The van der Waals surface area contributed by atoms with E-state index in [9.17, 15) is 13.2 Å². The highest BCUT2D eigenvalue weighted by Gasteiger charge is 2.05. The summed E-state index contributed by atoms with van der Waals surface area (Å²) >= 11 is 0. The van der Waals surface area contributed by atoms with E-state index in [0.717, 1.165) is 0 Å². The van der Waals surface area contributed by atoms with Gasteiger partial charge in [-0.25, -0.2) is 18.4 Å². The first kappa shape index (κ1) is 14.6. The van der Waals surface area contributed by atoms with Gasteiger partial charge in [0.1, 0.15) is 6.61 Å². The van der Waals surface area contributed by atoms with Crippen LogP contribution in [0.25, 0.3) is 0 Å². The lowest BCUT2D eigenvalue weighted by Gasteiger charge is -2.05. The molecule has 7 heteroatoms. The van der Waals surface area contributed by atoms with Crippen LogP contribution in [0.4, 0.5) is 0 Å². The molecular weight excluding hydrogens is 258 g/mol. The Hall–Kier alpha value is -1.44. The van der Waals surface area contributed by atoms with Gasteiger partial charge in [-0.05, 0) is 12.1 Å². The van der Waals surface area contributed by atoms with Gasteiger partial charge in [0.2, 0.25) is 10.0 Å². The zero-order valence-corrected chi connectivity index (χ0v) is 10.6. The fourth-order valence-electron chi connectivity index (χ4n) is 1.13. The summed E-state index contributed by atoms with van der Waals surface area (Å²) in [7, 11) is -3.50. The molecule has 18 heavy (non-hydrogen) atoms. The third kappa shape index (κ3) is 6.33. The molecule has 0 aliphatic heterocycles. The van der Waals surface area contributed by atoms with Crippen LogP contribution in [0.2, 0.25) is 0 Å². The molecule has 0 aliphatic carbocycles. The van der Waals surface area contributed by atoms with E-state index >= 15 is 0 Å². The Kier molecular flexibility index (Phi) is 5.76. The summed E-state index contributed by atoms with van der Waals surface area (Å²) in [5, 5.41) is 4.78. The van der Waals surface area contributed by atoms with Gasteiger partial charge < -0.3 is 9.47 Å². The van der Waals surface area contributed by atoms with Gasteiger partial charge in [0.05, 0.1) is 24.5 Å². The molecule has 1 rings (SSSR count). The molecule has 0 heterocycles. The van der Waals surface area contributed by atoms with E-state index in [1.165, 1.54) is 0 Å². The molecule has 1 aromatic carbocycles. The predicted octanol–water partition coefficient (Wildman–Crippen LogP) is 0.149. The highest BCUT2D eigenvalue weighted by molar-refractivity contribution is 7.89. The second-order valence-corrected chi connectivity index (χ2v) is 5.22. The van der Waals surface area contributed by atoms with E-state index in [1.54, 1.807) is 30.3 Å². The van der Waals surface area contributed by atoms with Crippen molar-refractivity contribution in [2.45, 2.75) is 0 Å². The number of hydrogen-bond acceptors (Lipinski definition) is 5. The maximum Gasteiger partial charge on any atom is 0.338 e. The van der Waals surface area contributed by atoms with Gasteiger partial charge in [-0.1, -0.05) is 18.2 Å². The van der Waals surface area contributed by atoms with Gasteiger partial charge in [0, 0.05) is 0 Å². The lowest BCUT2D eigenvalue weighted by atomic mass is 10.2. The number of esters is 1. The van der Waals surface area contributed by atoms with Crippen molar-refractivity contribution in [2.24, 2.45) is 5.14 Å². The smallest absolute Gasteiger partial charge is 0.338 e. The zero-order chi connectivity index (χ0) is 13.4. The number of sulfonamides is 1. The molecule has 0 saturated carbocycles. The summed E-state index contributed by atoms with van der Waals surface area (Å²) in [6, 6.07) is 8.56. The summed E-state index contributed by atoms with van der Waals surface area (Å²) < 4.78 is 31.0. The van der Waals surface area contributed by atoms with Crippen LogP contribution in [0.5, 0.6) is 0 Å². The number of carbonyl (C=O) groups is 1. The van der Waals surface area contributed by atoms with Crippen molar-refractivity contribution in [3.63, 3.8) is 0 Å². The van der Waals surface area contributed by atoms with Gasteiger partial charge in [-0.15, -0.1) is 0 Å². The normalized spacial score (nSPS) is 11.2. The minimum absolute atomic E-state index is 0.0122. The lowest BCUT2D eigenvalue weighted by Crippen LogP contribution is -2.21. The summed E-state index contributed by atoms with van der Waals surface area (Å²) in [5.41, 5.74) is 0.460. The molecule has 0 aliphatic rings. The van der Waals surface area contributed by atoms with Crippen molar-refractivity contribution in [3.05, 3.63) is 35.9 Å². The first-order valence-electron chi connectivity index (χ1n) is 5.29. The fraction of sp³-hybridized carbons (Fsp3) is 0.364. The van der Waals surface area contributed by atoms with Crippen LogP contribution >= 0.6 is 0 Å². The summed E-state index contributed by atoms with van der Waals surface area (Å²) in [6.45, 7) is 0.189. The van der Waals surface area contributed by atoms with Gasteiger partial charge >= 0.3 is 5.97 Å². The Morgan fingerprint density at radius 3 is 2.39 bits per heavy atom. The van der Waals surface area contributed by atoms with Crippen molar-refractivity contribution in [1.29, 1.82) is 0 Å².